The molecule has 0 spiro atoms. The van der Waals surface area contributed by atoms with E-state index >= 15 is 0 Å². The molecule has 0 saturated heterocycles. The lowest BCUT2D eigenvalue weighted by Gasteiger charge is -2.11. The molecule has 1 amide bonds. The normalized spacial score (nSPS) is 11.0. The zero-order valence-corrected chi connectivity index (χ0v) is 19.1. The largest absolute Gasteiger partial charge is 0.459 e. The lowest BCUT2D eigenvalue weighted by atomic mass is 10.2. The van der Waals surface area contributed by atoms with Crippen molar-refractivity contribution in [3.63, 3.8) is 0 Å². The number of hydrogen-bond acceptors (Lipinski definition) is 4. The predicted octanol–water partition coefficient (Wildman–Crippen LogP) is 3.09. The highest BCUT2D eigenvalue weighted by molar-refractivity contribution is 14.0. The van der Waals surface area contributed by atoms with Crippen LogP contribution in [0.25, 0.3) is 0 Å². The van der Waals surface area contributed by atoms with E-state index in [2.05, 4.69) is 27.9 Å². The first-order chi connectivity index (χ1) is 12.7. The van der Waals surface area contributed by atoms with Gasteiger partial charge in [0.25, 0.3) is 5.91 Å². The molecule has 0 unspecified atom stereocenters. The Hall–Kier alpha value is -1.29. The molecule has 0 aromatic carbocycles. The van der Waals surface area contributed by atoms with E-state index in [9.17, 15) is 4.79 Å². The van der Waals surface area contributed by atoms with Gasteiger partial charge < -0.3 is 25.1 Å². The molecule has 1 aromatic rings. The number of guanidine groups is 1. The molecule has 0 aliphatic rings. The third-order valence-corrected chi connectivity index (χ3v) is 3.70. The number of carbonyl (C=O) groups excluding carboxylic acids is 1. The summed E-state index contributed by atoms with van der Waals surface area (Å²) < 4.78 is 10.7. The van der Waals surface area contributed by atoms with Gasteiger partial charge in [-0.05, 0) is 39.2 Å². The van der Waals surface area contributed by atoms with Crippen LogP contribution in [0.4, 0.5) is 0 Å². The Balaban J connectivity index is 0.00000676. The molecule has 156 valence electrons. The topological polar surface area (TPSA) is 87.9 Å². The van der Waals surface area contributed by atoms with Gasteiger partial charge in [0.15, 0.2) is 11.7 Å². The van der Waals surface area contributed by atoms with Crippen molar-refractivity contribution in [3.8, 4) is 0 Å². The number of aliphatic imine (C=N–C) groups is 1. The van der Waals surface area contributed by atoms with E-state index in [0.29, 0.717) is 18.8 Å². The van der Waals surface area contributed by atoms with Crippen molar-refractivity contribution in [1.82, 2.24) is 16.0 Å². The molecule has 8 heteroatoms. The van der Waals surface area contributed by atoms with Gasteiger partial charge >= 0.3 is 0 Å². The van der Waals surface area contributed by atoms with E-state index < -0.39 is 0 Å². The summed E-state index contributed by atoms with van der Waals surface area (Å²) in [4.78, 5) is 16.4. The maximum absolute atomic E-state index is 11.9. The molecule has 0 saturated carbocycles. The first-order valence-electron chi connectivity index (χ1n) is 9.61. The Morgan fingerprint density at radius 1 is 1.11 bits per heavy atom. The highest BCUT2D eigenvalue weighted by Crippen LogP contribution is 2.07. The fraction of sp³-hybridized carbons (Fsp3) is 0.684. The Morgan fingerprint density at radius 3 is 2.52 bits per heavy atom. The smallest absolute Gasteiger partial charge is 0.287 e. The molecule has 1 aromatic heterocycles. The number of hydrogen-bond donors (Lipinski definition) is 3. The minimum Gasteiger partial charge on any atom is -0.459 e. The zero-order chi connectivity index (χ0) is 19.0. The average molecular weight is 494 g/mol. The quantitative estimate of drug-likeness (QED) is 0.170. The summed E-state index contributed by atoms with van der Waals surface area (Å²) in [6.45, 7) is 10.5. The van der Waals surface area contributed by atoms with E-state index in [4.69, 9.17) is 9.15 Å². The Labute approximate surface area is 180 Å². The molecule has 3 N–H and O–H groups in total. The van der Waals surface area contributed by atoms with Crippen LogP contribution in [0.5, 0.6) is 0 Å². The van der Waals surface area contributed by atoms with Gasteiger partial charge in [0.1, 0.15) is 0 Å². The first kappa shape index (κ1) is 25.7. The number of furan rings is 1. The SMILES string of the molecule is CCCCOCCCNC(=NCCCNC(=O)c1occc1C)NCC.I. The summed E-state index contributed by atoms with van der Waals surface area (Å²) >= 11 is 0. The summed E-state index contributed by atoms with van der Waals surface area (Å²) in [5.41, 5.74) is 0.845. The Kier molecular flexibility index (Phi) is 16.0. The summed E-state index contributed by atoms with van der Waals surface area (Å²) in [5.74, 6) is 1.00. The number of unbranched alkanes of at least 4 members (excludes halogenated alkanes) is 1. The van der Waals surface area contributed by atoms with Crippen molar-refractivity contribution in [3.05, 3.63) is 23.7 Å². The number of ether oxygens (including phenoxy) is 1. The van der Waals surface area contributed by atoms with Crippen molar-refractivity contribution >= 4 is 35.8 Å². The third-order valence-electron chi connectivity index (χ3n) is 3.70. The number of nitrogens with zero attached hydrogens (tertiary/aromatic N) is 1. The van der Waals surface area contributed by atoms with Crippen LogP contribution in [0.1, 0.15) is 55.6 Å². The molecule has 0 aliphatic heterocycles. The second-order valence-electron chi connectivity index (χ2n) is 6.05. The van der Waals surface area contributed by atoms with E-state index in [-0.39, 0.29) is 29.9 Å². The van der Waals surface area contributed by atoms with Crippen LogP contribution in [-0.4, -0.2) is 51.3 Å². The molecule has 7 nitrogen and oxygen atoms in total. The molecule has 1 rings (SSSR count). The van der Waals surface area contributed by atoms with Crippen LogP contribution in [0.2, 0.25) is 0 Å². The predicted molar refractivity (Wildman–Crippen MR) is 120 cm³/mol. The number of amides is 1. The highest BCUT2D eigenvalue weighted by Gasteiger charge is 2.11. The van der Waals surface area contributed by atoms with E-state index in [0.717, 1.165) is 63.5 Å². The van der Waals surface area contributed by atoms with Crippen LogP contribution in [-0.2, 0) is 4.74 Å². The van der Waals surface area contributed by atoms with Gasteiger partial charge in [0.2, 0.25) is 0 Å². The van der Waals surface area contributed by atoms with E-state index in [1.54, 1.807) is 6.07 Å². The summed E-state index contributed by atoms with van der Waals surface area (Å²) in [5, 5.41) is 9.37. The average Bonchev–Trinajstić information content (AvgIpc) is 3.06. The molecule has 1 heterocycles. The van der Waals surface area contributed by atoms with Gasteiger partial charge in [0.05, 0.1) is 6.26 Å². The maximum atomic E-state index is 11.9. The maximum Gasteiger partial charge on any atom is 0.287 e. The summed E-state index contributed by atoms with van der Waals surface area (Å²) in [7, 11) is 0. The highest BCUT2D eigenvalue weighted by atomic mass is 127. The first-order valence-corrected chi connectivity index (χ1v) is 9.61. The van der Waals surface area contributed by atoms with Crippen LogP contribution in [0.15, 0.2) is 21.7 Å². The minimum atomic E-state index is -0.176. The minimum absolute atomic E-state index is 0. The standard InChI is InChI=1S/C19H34N4O3.HI/c1-4-6-13-25-14-8-12-23-19(20-5-2)22-11-7-10-21-18(24)17-16(3)9-15-26-17;/h9,15H,4-8,10-14H2,1-3H3,(H,21,24)(H2,20,22,23);1H. The zero-order valence-electron chi connectivity index (χ0n) is 16.8. The fourth-order valence-electron chi connectivity index (χ4n) is 2.23. The molecule has 0 atom stereocenters. The van der Waals surface area contributed by atoms with Gasteiger partial charge in [-0.1, -0.05) is 13.3 Å². The number of aryl methyl sites for hydroxylation is 1. The van der Waals surface area contributed by atoms with Gasteiger partial charge in [-0.3, -0.25) is 9.79 Å². The van der Waals surface area contributed by atoms with Gasteiger partial charge in [-0.15, -0.1) is 24.0 Å². The lowest BCUT2D eigenvalue weighted by Crippen LogP contribution is -2.38. The van der Waals surface area contributed by atoms with Crippen molar-refractivity contribution in [2.24, 2.45) is 4.99 Å². The third kappa shape index (κ3) is 11.9. The second-order valence-corrected chi connectivity index (χ2v) is 6.05. The lowest BCUT2D eigenvalue weighted by molar-refractivity contribution is 0.0925. The summed E-state index contributed by atoms with van der Waals surface area (Å²) in [6.07, 6.45) is 5.53. The number of halogens is 1. The monoisotopic (exact) mass is 494 g/mol. The Bertz CT molecular complexity index is 535. The summed E-state index contributed by atoms with van der Waals surface area (Å²) in [6, 6.07) is 1.78. The van der Waals surface area contributed by atoms with Crippen LogP contribution < -0.4 is 16.0 Å². The van der Waals surface area contributed by atoms with Gasteiger partial charge in [0, 0.05) is 45.0 Å². The van der Waals surface area contributed by atoms with Crippen molar-refractivity contribution in [2.75, 3.05) is 39.4 Å². The number of carbonyl (C=O) groups is 1. The number of nitrogens with one attached hydrogen (secondary N) is 3. The van der Waals surface area contributed by atoms with Gasteiger partial charge in [-0.25, -0.2) is 0 Å². The van der Waals surface area contributed by atoms with Gasteiger partial charge in [-0.2, -0.15) is 0 Å². The van der Waals surface area contributed by atoms with Crippen LogP contribution >= 0.6 is 24.0 Å². The van der Waals surface area contributed by atoms with Crippen molar-refractivity contribution in [1.29, 1.82) is 0 Å². The molecule has 0 bridgehead atoms. The Morgan fingerprint density at radius 2 is 1.85 bits per heavy atom. The van der Waals surface area contributed by atoms with Crippen LogP contribution in [0, 0.1) is 6.92 Å². The molecular formula is C19H35IN4O3. The molecule has 0 radical (unpaired) electrons. The van der Waals surface area contributed by atoms with Crippen LogP contribution in [0.3, 0.4) is 0 Å². The number of rotatable bonds is 13. The van der Waals surface area contributed by atoms with Crippen molar-refractivity contribution in [2.45, 2.75) is 46.5 Å². The second kappa shape index (κ2) is 16.9. The van der Waals surface area contributed by atoms with E-state index in [1.165, 1.54) is 6.26 Å². The fourth-order valence-corrected chi connectivity index (χ4v) is 2.23. The molecular weight excluding hydrogens is 459 g/mol. The van der Waals surface area contributed by atoms with Crippen molar-refractivity contribution < 1.29 is 13.9 Å². The molecule has 0 aliphatic carbocycles. The molecule has 0 fully saturated rings. The van der Waals surface area contributed by atoms with E-state index in [1.807, 2.05) is 13.8 Å². The molecule has 27 heavy (non-hydrogen) atoms.